The molecule has 1 heterocycles. The second-order valence-corrected chi connectivity index (χ2v) is 13.4. The van der Waals surface area contributed by atoms with Gasteiger partial charge in [-0.3, -0.25) is 4.79 Å². The van der Waals surface area contributed by atoms with Gasteiger partial charge in [-0.2, -0.15) is 3.71 Å². The summed E-state index contributed by atoms with van der Waals surface area (Å²) in [4.78, 5) is 17.4. The Morgan fingerprint density at radius 1 is 0.971 bits per heavy atom. The predicted molar refractivity (Wildman–Crippen MR) is 140 cm³/mol. The summed E-state index contributed by atoms with van der Waals surface area (Å²) in [7, 11) is -6.80. The lowest BCUT2D eigenvalue weighted by atomic mass is 10.0. The molecule has 35 heavy (non-hydrogen) atoms. The number of likely N-dealkylation sites (N-methyl/N-ethyl adjacent to an activating group) is 1. The lowest BCUT2D eigenvalue weighted by Gasteiger charge is -2.32. The van der Waals surface area contributed by atoms with Crippen LogP contribution in [0.5, 0.6) is 0 Å². The minimum atomic E-state index is -4.25. The highest BCUT2D eigenvalue weighted by Gasteiger charge is 2.32. The lowest BCUT2D eigenvalue weighted by Crippen LogP contribution is -2.40. The molecule has 0 spiro atoms. The number of carbonyl (C=O) groups excluding carboxylic acids is 1. The van der Waals surface area contributed by atoms with E-state index in [9.17, 15) is 21.6 Å². The van der Waals surface area contributed by atoms with Gasteiger partial charge in [-0.25, -0.2) is 16.8 Å². The third kappa shape index (κ3) is 6.89. The van der Waals surface area contributed by atoms with Crippen molar-refractivity contribution in [1.29, 1.82) is 0 Å². The van der Waals surface area contributed by atoms with E-state index in [2.05, 4.69) is 4.90 Å². The van der Waals surface area contributed by atoms with E-state index in [1.54, 1.807) is 11.9 Å². The third-order valence-corrected chi connectivity index (χ3v) is 9.88. The number of amides is 1. The molecule has 1 fully saturated rings. The molecule has 3 rings (SSSR count). The van der Waals surface area contributed by atoms with Crippen LogP contribution in [0.4, 0.5) is 5.69 Å². The molecular weight excluding hydrogens is 533 g/mol. The van der Waals surface area contributed by atoms with Crippen molar-refractivity contribution >= 4 is 54.8 Å². The maximum atomic E-state index is 13.5. The van der Waals surface area contributed by atoms with Gasteiger partial charge < -0.3 is 9.80 Å². The van der Waals surface area contributed by atoms with Crippen LogP contribution < -0.4 is 3.71 Å². The molecule has 12 heteroatoms. The molecule has 0 saturated carbocycles. The molecule has 0 aliphatic carbocycles. The van der Waals surface area contributed by atoms with E-state index in [1.165, 1.54) is 6.07 Å². The van der Waals surface area contributed by atoms with Gasteiger partial charge in [0.1, 0.15) is 0 Å². The Hall–Kier alpha value is -1.85. The summed E-state index contributed by atoms with van der Waals surface area (Å²) in [5.41, 5.74) is 0.889. The van der Waals surface area contributed by atoms with Crippen LogP contribution in [0.25, 0.3) is 0 Å². The first-order chi connectivity index (χ1) is 16.3. The van der Waals surface area contributed by atoms with Crippen molar-refractivity contribution in [3.05, 3.63) is 63.6 Å². The summed E-state index contributed by atoms with van der Waals surface area (Å²) in [5.74, 6) is -0.320. The number of sulfonamides is 2. The Balaban J connectivity index is 1.99. The Morgan fingerprint density at radius 3 is 2.06 bits per heavy atom. The van der Waals surface area contributed by atoms with Crippen LogP contribution in [-0.2, 0) is 31.3 Å². The minimum absolute atomic E-state index is 0.0280. The zero-order chi connectivity index (χ0) is 26.0. The predicted octanol–water partition coefficient (Wildman–Crippen LogP) is 3.56. The molecular formula is C23H29Cl2N3O5S2. The number of hydrogen-bond donors (Lipinski definition) is 0. The number of anilines is 1. The lowest BCUT2D eigenvalue weighted by molar-refractivity contribution is -0.131. The summed E-state index contributed by atoms with van der Waals surface area (Å²) in [6.45, 7) is 2.57. The number of halogens is 2. The van der Waals surface area contributed by atoms with Crippen LogP contribution >= 0.6 is 23.2 Å². The zero-order valence-electron chi connectivity index (χ0n) is 19.8. The normalized spacial score (nSPS) is 15.7. The molecule has 1 atom stereocenters. The largest absolute Gasteiger partial charge is 0.337 e. The average Bonchev–Trinajstić information content (AvgIpc) is 3.27. The number of carbonyl (C=O) groups is 1. The molecule has 0 aromatic heterocycles. The maximum Gasteiger partial charge on any atom is 0.245 e. The van der Waals surface area contributed by atoms with E-state index in [4.69, 9.17) is 23.2 Å². The fourth-order valence-corrected chi connectivity index (χ4v) is 7.66. The van der Waals surface area contributed by atoms with Gasteiger partial charge in [0.25, 0.3) is 0 Å². The van der Waals surface area contributed by atoms with Crippen molar-refractivity contribution < 1.29 is 21.6 Å². The standard InChI is InChI=1S/C23H29Cl2N3O5S2/c1-26(22(16-27-11-7-8-12-27)17-9-5-4-6-10-17)23(29)14-18-13-19(24)20(25)15-21(18)28(34(2,30)31)35(3,32)33/h4-6,9-10,13,15,22H,7-8,11-12,14,16H2,1-3H3/t22-/m1/s1. The summed E-state index contributed by atoms with van der Waals surface area (Å²) < 4.78 is 49.9. The van der Waals surface area contributed by atoms with E-state index < -0.39 is 20.0 Å². The van der Waals surface area contributed by atoms with Gasteiger partial charge in [0.05, 0.1) is 40.7 Å². The maximum absolute atomic E-state index is 13.5. The molecule has 0 bridgehead atoms. The zero-order valence-corrected chi connectivity index (χ0v) is 23.0. The van der Waals surface area contributed by atoms with Crippen molar-refractivity contribution in [2.75, 3.05) is 42.9 Å². The molecule has 8 nitrogen and oxygen atoms in total. The molecule has 192 valence electrons. The number of hydrogen-bond acceptors (Lipinski definition) is 6. The highest BCUT2D eigenvalue weighted by atomic mass is 35.5. The van der Waals surface area contributed by atoms with Gasteiger partial charge in [-0.05, 0) is 49.2 Å². The van der Waals surface area contributed by atoms with Gasteiger partial charge in [0.2, 0.25) is 26.0 Å². The number of likely N-dealkylation sites (tertiary alicyclic amines) is 1. The van der Waals surface area contributed by atoms with Crippen LogP contribution in [0.3, 0.4) is 0 Å². The van der Waals surface area contributed by atoms with Gasteiger partial charge in [-0.1, -0.05) is 53.5 Å². The Morgan fingerprint density at radius 2 is 1.51 bits per heavy atom. The molecule has 1 saturated heterocycles. The first-order valence-corrected chi connectivity index (χ1v) is 15.5. The topological polar surface area (TPSA) is 95.1 Å². The number of nitrogens with zero attached hydrogens (tertiary/aromatic N) is 3. The van der Waals surface area contributed by atoms with Crippen LogP contribution in [0.2, 0.25) is 10.0 Å². The quantitative estimate of drug-likeness (QED) is 0.464. The first kappa shape index (κ1) is 27.7. The van der Waals surface area contributed by atoms with E-state index in [1.807, 2.05) is 30.3 Å². The van der Waals surface area contributed by atoms with Gasteiger partial charge in [-0.15, -0.1) is 0 Å². The molecule has 0 radical (unpaired) electrons. The first-order valence-electron chi connectivity index (χ1n) is 11.0. The van der Waals surface area contributed by atoms with Crippen molar-refractivity contribution in [2.24, 2.45) is 0 Å². The summed E-state index contributed by atoms with van der Waals surface area (Å²) in [6.07, 6.45) is 3.50. The van der Waals surface area contributed by atoms with E-state index >= 15 is 0 Å². The van der Waals surface area contributed by atoms with Crippen LogP contribution in [0.1, 0.15) is 30.0 Å². The van der Waals surface area contributed by atoms with Crippen molar-refractivity contribution in [3.63, 3.8) is 0 Å². The highest BCUT2D eigenvalue weighted by molar-refractivity contribution is 8.09. The fraction of sp³-hybridized carbons (Fsp3) is 0.435. The monoisotopic (exact) mass is 561 g/mol. The van der Waals surface area contributed by atoms with Crippen LogP contribution in [0, 0.1) is 0 Å². The van der Waals surface area contributed by atoms with Gasteiger partial charge in [0.15, 0.2) is 0 Å². The molecule has 1 aliphatic rings. The minimum Gasteiger partial charge on any atom is -0.337 e. The van der Waals surface area contributed by atoms with E-state index in [-0.39, 0.29) is 43.4 Å². The number of benzene rings is 2. The van der Waals surface area contributed by atoms with E-state index in [0.717, 1.165) is 50.1 Å². The SMILES string of the molecule is CN(C(=O)Cc1cc(Cl)c(Cl)cc1N(S(C)(=O)=O)S(C)(=O)=O)[C@H](CN1CCCC1)c1ccccc1. The van der Waals surface area contributed by atoms with Crippen molar-refractivity contribution in [2.45, 2.75) is 25.3 Å². The Kier molecular flexibility index (Phi) is 8.75. The molecule has 2 aromatic rings. The van der Waals surface area contributed by atoms with Crippen LogP contribution in [0.15, 0.2) is 42.5 Å². The molecule has 0 unspecified atom stereocenters. The van der Waals surface area contributed by atoms with Gasteiger partial charge in [0, 0.05) is 13.6 Å². The highest BCUT2D eigenvalue weighted by Crippen LogP contribution is 2.35. The third-order valence-electron chi connectivity index (χ3n) is 5.94. The van der Waals surface area contributed by atoms with E-state index in [0.29, 0.717) is 6.54 Å². The molecule has 0 N–H and O–H groups in total. The van der Waals surface area contributed by atoms with Crippen molar-refractivity contribution in [1.82, 2.24) is 9.80 Å². The Bertz CT molecular complexity index is 1250. The van der Waals surface area contributed by atoms with Crippen molar-refractivity contribution in [3.8, 4) is 0 Å². The summed E-state index contributed by atoms with van der Waals surface area (Å²) >= 11 is 12.3. The summed E-state index contributed by atoms with van der Waals surface area (Å²) in [5, 5.41) is 0.0548. The summed E-state index contributed by atoms with van der Waals surface area (Å²) in [6, 6.07) is 11.9. The molecule has 1 aliphatic heterocycles. The average molecular weight is 563 g/mol. The smallest absolute Gasteiger partial charge is 0.245 e. The molecule has 1 amide bonds. The fourth-order valence-electron chi connectivity index (χ4n) is 4.29. The van der Waals surface area contributed by atoms with Gasteiger partial charge >= 0.3 is 0 Å². The second kappa shape index (κ2) is 11.0. The molecule has 2 aromatic carbocycles. The second-order valence-electron chi connectivity index (χ2n) is 8.73. The number of rotatable bonds is 9. The van der Waals surface area contributed by atoms with Crippen LogP contribution in [-0.4, -0.2) is 71.7 Å². The Labute approximate surface area is 217 Å².